The van der Waals surface area contributed by atoms with Crippen molar-refractivity contribution in [3.8, 4) is 5.69 Å². The summed E-state index contributed by atoms with van der Waals surface area (Å²) in [6, 6.07) is 24.3. The fourth-order valence-corrected chi connectivity index (χ4v) is 4.77. The van der Waals surface area contributed by atoms with Crippen LogP contribution in [-0.2, 0) is 13.5 Å². The summed E-state index contributed by atoms with van der Waals surface area (Å²) in [5, 5.41) is 4.01. The average molecular weight is 348 g/mol. The van der Waals surface area contributed by atoms with Crippen molar-refractivity contribution in [1.29, 1.82) is 0 Å². The van der Waals surface area contributed by atoms with Crippen molar-refractivity contribution in [3.63, 3.8) is 0 Å². The maximum absolute atomic E-state index is 2.40. The van der Waals surface area contributed by atoms with E-state index in [1.807, 2.05) is 0 Å². The molecule has 6 rings (SSSR count). The highest BCUT2D eigenvalue weighted by atomic mass is 15.0. The number of fused-ring (bicyclic) bond motifs is 6. The summed E-state index contributed by atoms with van der Waals surface area (Å²) in [7, 11) is 2.18. The third-order valence-electron chi connectivity index (χ3n) is 6.01. The number of hydrogen-bond acceptors (Lipinski definition) is 0. The molecule has 0 spiro atoms. The van der Waals surface area contributed by atoms with E-state index in [0.717, 1.165) is 12.8 Å². The first kappa shape index (κ1) is 14.9. The molecule has 0 atom stereocenters. The molecule has 0 aliphatic heterocycles. The molecule has 5 aromatic rings. The summed E-state index contributed by atoms with van der Waals surface area (Å²) >= 11 is 0. The normalized spacial score (nSPS) is 13.7. The van der Waals surface area contributed by atoms with Crippen LogP contribution < -0.4 is 0 Å². The van der Waals surface area contributed by atoms with Crippen LogP contribution in [0, 0.1) is 0 Å². The van der Waals surface area contributed by atoms with E-state index in [1.165, 1.54) is 49.7 Å². The Morgan fingerprint density at radius 1 is 0.741 bits per heavy atom. The molecule has 0 radical (unpaired) electrons. The topological polar surface area (TPSA) is 9.86 Å². The zero-order chi connectivity index (χ0) is 18.0. The number of hydrogen-bond donors (Lipinski definition) is 0. The van der Waals surface area contributed by atoms with Crippen molar-refractivity contribution >= 4 is 38.8 Å². The summed E-state index contributed by atoms with van der Waals surface area (Å²) in [5.74, 6) is 0. The highest BCUT2D eigenvalue weighted by Gasteiger charge is 2.17. The third kappa shape index (κ3) is 1.95. The molecule has 1 aliphatic rings. The van der Waals surface area contributed by atoms with Crippen molar-refractivity contribution in [3.05, 3.63) is 84.1 Å². The van der Waals surface area contributed by atoms with Crippen LogP contribution in [-0.4, -0.2) is 9.13 Å². The Morgan fingerprint density at radius 2 is 1.44 bits per heavy atom. The fourth-order valence-electron chi connectivity index (χ4n) is 4.77. The number of allylic oxidation sites excluding steroid dienone is 1. The van der Waals surface area contributed by atoms with Crippen molar-refractivity contribution in [2.45, 2.75) is 12.8 Å². The van der Waals surface area contributed by atoms with Gasteiger partial charge in [0.05, 0.1) is 11.0 Å². The van der Waals surface area contributed by atoms with E-state index in [-0.39, 0.29) is 0 Å². The molecular formula is C25H20N2. The van der Waals surface area contributed by atoms with Gasteiger partial charge in [-0.1, -0.05) is 42.5 Å². The quantitative estimate of drug-likeness (QED) is 0.339. The van der Waals surface area contributed by atoms with Gasteiger partial charge in [0, 0.05) is 40.1 Å². The number of nitrogens with zero attached hydrogens (tertiary/aromatic N) is 2. The predicted molar refractivity (Wildman–Crippen MR) is 115 cm³/mol. The summed E-state index contributed by atoms with van der Waals surface area (Å²) in [5.41, 5.74) is 7.93. The van der Waals surface area contributed by atoms with Crippen molar-refractivity contribution in [2.75, 3.05) is 0 Å². The second-order valence-electron chi connectivity index (χ2n) is 7.44. The smallest absolute Gasteiger partial charge is 0.0541 e. The van der Waals surface area contributed by atoms with Crippen LogP contribution in [0.3, 0.4) is 0 Å². The summed E-state index contributed by atoms with van der Waals surface area (Å²) in [4.78, 5) is 0. The van der Waals surface area contributed by atoms with E-state index in [2.05, 4.69) is 95.1 Å². The van der Waals surface area contributed by atoms with E-state index in [9.17, 15) is 0 Å². The number of para-hydroxylation sites is 2. The molecule has 2 aromatic heterocycles. The van der Waals surface area contributed by atoms with Crippen LogP contribution in [0.4, 0.5) is 0 Å². The van der Waals surface area contributed by atoms with Crippen LogP contribution in [0.25, 0.3) is 44.5 Å². The molecule has 2 nitrogen and oxygen atoms in total. The van der Waals surface area contributed by atoms with Gasteiger partial charge in [0.1, 0.15) is 0 Å². The Kier molecular flexibility index (Phi) is 2.96. The molecule has 3 aromatic carbocycles. The van der Waals surface area contributed by atoms with Gasteiger partial charge in [-0.25, -0.2) is 0 Å². The molecular weight excluding hydrogens is 328 g/mol. The molecule has 0 bridgehead atoms. The number of rotatable bonds is 1. The molecule has 2 heteroatoms. The standard InChI is InChI=1S/C25H20N2/c1-26-22-11-5-2-10-20(22)21-16-17(14-15-23(21)26)27-24-12-6-3-8-18(24)19-9-4-7-13-25(19)27/h3-9,11-16H,2,10H2,1H3. The molecule has 0 N–H and O–H groups in total. The van der Waals surface area contributed by atoms with Crippen molar-refractivity contribution in [1.82, 2.24) is 9.13 Å². The van der Waals surface area contributed by atoms with Gasteiger partial charge >= 0.3 is 0 Å². The van der Waals surface area contributed by atoms with Gasteiger partial charge in [0.25, 0.3) is 0 Å². The lowest BCUT2D eigenvalue weighted by molar-refractivity contribution is 0.908. The van der Waals surface area contributed by atoms with Crippen molar-refractivity contribution in [2.24, 2.45) is 7.05 Å². The maximum atomic E-state index is 2.40. The van der Waals surface area contributed by atoms with Crippen LogP contribution in [0.2, 0.25) is 0 Å². The highest BCUT2D eigenvalue weighted by Crippen LogP contribution is 2.35. The van der Waals surface area contributed by atoms with E-state index in [0.29, 0.717) is 0 Å². The van der Waals surface area contributed by atoms with Crippen LogP contribution >= 0.6 is 0 Å². The number of benzene rings is 3. The zero-order valence-electron chi connectivity index (χ0n) is 15.3. The van der Waals surface area contributed by atoms with Gasteiger partial charge in [0.15, 0.2) is 0 Å². The lowest BCUT2D eigenvalue weighted by Gasteiger charge is -2.09. The SMILES string of the molecule is Cn1c2c(c3cc(-n4c5ccccc5c5ccccc54)ccc31)CCC=C2. The minimum absolute atomic E-state index is 1.12. The number of aromatic nitrogens is 2. The zero-order valence-corrected chi connectivity index (χ0v) is 15.3. The Balaban J connectivity index is 1.72. The summed E-state index contributed by atoms with van der Waals surface area (Å²) in [6.07, 6.45) is 6.82. The van der Waals surface area contributed by atoms with Crippen molar-refractivity contribution < 1.29 is 0 Å². The van der Waals surface area contributed by atoms with Crippen LogP contribution in [0.15, 0.2) is 72.8 Å². The molecule has 130 valence electrons. The Morgan fingerprint density at radius 3 is 2.19 bits per heavy atom. The van der Waals surface area contributed by atoms with Crippen LogP contribution in [0.1, 0.15) is 17.7 Å². The lowest BCUT2D eigenvalue weighted by atomic mass is 10.0. The molecule has 27 heavy (non-hydrogen) atoms. The van der Waals surface area contributed by atoms with E-state index in [4.69, 9.17) is 0 Å². The third-order valence-corrected chi connectivity index (χ3v) is 6.01. The predicted octanol–water partition coefficient (Wildman–Crippen LogP) is 6.23. The van der Waals surface area contributed by atoms with Gasteiger partial charge in [-0.15, -0.1) is 0 Å². The largest absolute Gasteiger partial charge is 0.344 e. The Hall–Kier alpha value is -3.26. The van der Waals surface area contributed by atoms with Gasteiger partial charge in [0.2, 0.25) is 0 Å². The first-order chi connectivity index (χ1) is 13.3. The number of aryl methyl sites for hydroxylation is 2. The molecule has 2 heterocycles. The molecule has 0 unspecified atom stereocenters. The van der Waals surface area contributed by atoms with Gasteiger partial charge in [-0.05, 0) is 54.8 Å². The maximum Gasteiger partial charge on any atom is 0.0541 e. The van der Waals surface area contributed by atoms with Crippen LogP contribution in [0.5, 0.6) is 0 Å². The second kappa shape index (κ2) is 5.37. The average Bonchev–Trinajstić information content (AvgIpc) is 3.21. The minimum Gasteiger partial charge on any atom is -0.344 e. The first-order valence-electron chi connectivity index (χ1n) is 9.59. The fraction of sp³-hybridized carbons (Fsp3) is 0.120. The first-order valence-corrected chi connectivity index (χ1v) is 9.59. The highest BCUT2D eigenvalue weighted by molar-refractivity contribution is 6.09. The summed E-state index contributed by atoms with van der Waals surface area (Å²) in [6.45, 7) is 0. The lowest BCUT2D eigenvalue weighted by Crippen LogP contribution is -1.96. The van der Waals surface area contributed by atoms with E-state index >= 15 is 0 Å². The molecule has 0 saturated heterocycles. The van der Waals surface area contributed by atoms with E-state index < -0.39 is 0 Å². The Bertz CT molecular complexity index is 1330. The second-order valence-corrected chi connectivity index (χ2v) is 7.44. The summed E-state index contributed by atoms with van der Waals surface area (Å²) < 4.78 is 4.73. The van der Waals surface area contributed by atoms with Gasteiger partial charge in [-0.3, -0.25) is 0 Å². The Labute approximate surface area is 158 Å². The molecule has 1 aliphatic carbocycles. The molecule has 0 saturated carbocycles. The molecule has 0 fully saturated rings. The minimum atomic E-state index is 1.12. The van der Waals surface area contributed by atoms with Gasteiger partial charge in [-0.2, -0.15) is 0 Å². The van der Waals surface area contributed by atoms with Gasteiger partial charge < -0.3 is 9.13 Å². The van der Waals surface area contributed by atoms with E-state index in [1.54, 1.807) is 0 Å². The monoisotopic (exact) mass is 348 g/mol. The molecule has 0 amide bonds.